The van der Waals surface area contributed by atoms with Gasteiger partial charge in [0.05, 0.1) is 18.7 Å². The zero-order valence-corrected chi connectivity index (χ0v) is 21.1. The van der Waals surface area contributed by atoms with Crippen molar-refractivity contribution in [1.82, 2.24) is 0 Å². The second-order valence-corrected chi connectivity index (χ2v) is 10.2. The van der Waals surface area contributed by atoms with Crippen LogP contribution in [-0.4, -0.2) is 23.9 Å². The summed E-state index contributed by atoms with van der Waals surface area (Å²) in [7, 11) is 1.57. The van der Waals surface area contributed by atoms with Crippen LogP contribution in [0.1, 0.15) is 43.5 Å². The summed E-state index contributed by atoms with van der Waals surface area (Å²) < 4.78 is 6.08. The Morgan fingerprint density at radius 1 is 0.912 bits per heavy atom. The molecule has 0 spiro atoms. The lowest BCUT2D eigenvalue weighted by Gasteiger charge is -2.26. The van der Waals surface area contributed by atoms with Gasteiger partial charge in [0.2, 0.25) is 0 Å². The molecule has 0 radical (unpaired) electrons. The van der Waals surface area contributed by atoms with E-state index in [-0.39, 0.29) is 16.7 Å². The van der Waals surface area contributed by atoms with Crippen molar-refractivity contribution in [2.24, 2.45) is 0 Å². The summed E-state index contributed by atoms with van der Waals surface area (Å²) in [4.78, 5) is 28.0. The molecule has 1 N–H and O–H groups in total. The van der Waals surface area contributed by atoms with E-state index in [1.54, 1.807) is 55.6 Å². The number of carbonyl (C=O) groups excluding carboxylic acids is 2. The number of hydrogen-bond acceptors (Lipinski definition) is 4. The summed E-state index contributed by atoms with van der Waals surface area (Å²) in [5.41, 5.74) is 2.89. The standard InChI is InChI=1S/C28H26BrNO4/c1-28(2,3)19-9-5-17(6-10-19)24-23(25(31)18-7-11-20(29)12-8-18)26(32)27(33)30(24)21-13-15-22(34-4)16-14-21/h5-16,24,31H,1-4H3/b25-23-. The molecule has 6 heteroatoms. The van der Waals surface area contributed by atoms with Crippen molar-refractivity contribution in [1.29, 1.82) is 0 Å². The zero-order chi connectivity index (χ0) is 24.6. The number of halogens is 1. The normalized spacial score (nSPS) is 17.8. The molecule has 1 heterocycles. The minimum Gasteiger partial charge on any atom is -0.507 e. The lowest BCUT2D eigenvalue weighted by molar-refractivity contribution is -0.132. The van der Waals surface area contributed by atoms with Crippen LogP contribution in [0.25, 0.3) is 5.76 Å². The topological polar surface area (TPSA) is 66.8 Å². The van der Waals surface area contributed by atoms with Crippen molar-refractivity contribution in [3.8, 4) is 5.75 Å². The molecule has 3 aromatic carbocycles. The van der Waals surface area contributed by atoms with Gasteiger partial charge in [-0.15, -0.1) is 0 Å². The van der Waals surface area contributed by atoms with Crippen molar-refractivity contribution in [2.45, 2.75) is 32.2 Å². The molecule has 1 unspecified atom stereocenters. The van der Waals surface area contributed by atoms with E-state index < -0.39 is 17.7 Å². The second kappa shape index (κ2) is 9.11. The fourth-order valence-corrected chi connectivity index (χ4v) is 4.35. The van der Waals surface area contributed by atoms with Crippen molar-refractivity contribution in [2.75, 3.05) is 12.0 Å². The quantitative estimate of drug-likeness (QED) is 0.246. The molecule has 1 aliphatic rings. The zero-order valence-electron chi connectivity index (χ0n) is 19.5. The van der Waals surface area contributed by atoms with Crippen LogP contribution in [0.3, 0.4) is 0 Å². The molecule has 3 aromatic rings. The number of methoxy groups -OCH3 is 1. The van der Waals surface area contributed by atoms with Gasteiger partial charge in [0.25, 0.3) is 11.7 Å². The van der Waals surface area contributed by atoms with E-state index in [2.05, 4.69) is 36.7 Å². The number of amides is 1. The largest absolute Gasteiger partial charge is 0.507 e. The SMILES string of the molecule is COc1ccc(N2C(=O)C(=O)/C(=C(\O)c3ccc(Br)cc3)C2c2ccc(C(C)(C)C)cc2)cc1. The molecule has 1 fully saturated rings. The molecule has 34 heavy (non-hydrogen) atoms. The molecule has 0 aliphatic carbocycles. The Hall–Kier alpha value is -3.38. The first-order valence-corrected chi connectivity index (χ1v) is 11.7. The summed E-state index contributed by atoms with van der Waals surface area (Å²) in [6, 6.07) is 21.0. The first kappa shape index (κ1) is 23.8. The van der Waals surface area contributed by atoms with Gasteiger partial charge in [0.1, 0.15) is 11.5 Å². The fraction of sp³-hybridized carbons (Fsp3) is 0.214. The van der Waals surface area contributed by atoms with Crippen LogP contribution in [0, 0.1) is 0 Å². The Balaban J connectivity index is 1.90. The summed E-state index contributed by atoms with van der Waals surface area (Å²) >= 11 is 3.39. The van der Waals surface area contributed by atoms with Crippen molar-refractivity contribution in [3.05, 3.63) is 99.5 Å². The van der Waals surface area contributed by atoms with Crippen LogP contribution in [0.4, 0.5) is 5.69 Å². The van der Waals surface area contributed by atoms with E-state index in [0.717, 1.165) is 15.6 Å². The first-order chi connectivity index (χ1) is 16.1. The predicted octanol–water partition coefficient (Wildman–Crippen LogP) is 6.38. The van der Waals surface area contributed by atoms with E-state index in [9.17, 15) is 14.7 Å². The highest BCUT2D eigenvalue weighted by molar-refractivity contribution is 9.10. The van der Waals surface area contributed by atoms with Gasteiger partial charge in [-0.3, -0.25) is 14.5 Å². The average molecular weight is 520 g/mol. The smallest absolute Gasteiger partial charge is 0.300 e. The van der Waals surface area contributed by atoms with E-state index >= 15 is 0 Å². The summed E-state index contributed by atoms with van der Waals surface area (Å²) in [6.45, 7) is 6.37. The monoisotopic (exact) mass is 519 g/mol. The number of ketones is 1. The molecular weight excluding hydrogens is 494 g/mol. The van der Waals surface area contributed by atoms with Gasteiger partial charge < -0.3 is 9.84 Å². The van der Waals surface area contributed by atoms with Gasteiger partial charge in [-0.1, -0.05) is 73.1 Å². The maximum atomic E-state index is 13.3. The number of aliphatic hydroxyl groups is 1. The number of rotatable bonds is 4. The van der Waals surface area contributed by atoms with Crippen LogP contribution in [-0.2, 0) is 15.0 Å². The minimum absolute atomic E-state index is 0.0479. The number of ether oxygens (including phenoxy) is 1. The summed E-state index contributed by atoms with van der Waals surface area (Å²) in [5, 5.41) is 11.2. The Bertz CT molecular complexity index is 1250. The third-order valence-corrected chi connectivity index (χ3v) is 6.53. The van der Waals surface area contributed by atoms with Crippen molar-refractivity contribution < 1.29 is 19.4 Å². The molecule has 0 aromatic heterocycles. The number of nitrogens with zero attached hydrogens (tertiary/aromatic N) is 1. The van der Waals surface area contributed by atoms with Gasteiger partial charge in [0, 0.05) is 15.7 Å². The number of anilines is 1. The Labute approximate surface area is 207 Å². The molecule has 4 rings (SSSR count). The number of aliphatic hydroxyl groups excluding tert-OH is 1. The molecule has 0 saturated carbocycles. The third-order valence-electron chi connectivity index (χ3n) is 6.01. The molecule has 5 nitrogen and oxygen atoms in total. The molecule has 1 saturated heterocycles. The van der Waals surface area contributed by atoms with E-state index in [0.29, 0.717) is 17.0 Å². The average Bonchev–Trinajstić information content (AvgIpc) is 3.09. The van der Waals surface area contributed by atoms with Crippen LogP contribution >= 0.6 is 15.9 Å². The highest BCUT2D eigenvalue weighted by atomic mass is 79.9. The molecule has 1 amide bonds. The molecule has 1 aliphatic heterocycles. The number of hydrogen-bond donors (Lipinski definition) is 1. The molecule has 1 atom stereocenters. The van der Waals surface area contributed by atoms with Gasteiger partial charge in [0.15, 0.2) is 0 Å². The van der Waals surface area contributed by atoms with Gasteiger partial charge >= 0.3 is 0 Å². The summed E-state index contributed by atoms with van der Waals surface area (Å²) in [6.07, 6.45) is 0. The fourth-order valence-electron chi connectivity index (χ4n) is 4.09. The van der Waals surface area contributed by atoms with Gasteiger partial charge in [-0.2, -0.15) is 0 Å². The summed E-state index contributed by atoms with van der Waals surface area (Å²) in [5.74, 6) is -0.970. The van der Waals surface area contributed by atoms with Crippen molar-refractivity contribution >= 4 is 39.1 Å². The van der Waals surface area contributed by atoms with E-state index in [1.807, 2.05) is 24.3 Å². The highest BCUT2D eigenvalue weighted by Crippen LogP contribution is 2.43. The maximum Gasteiger partial charge on any atom is 0.300 e. The molecule has 174 valence electrons. The van der Waals surface area contributed by atoms with Gasteiger partial charge in [-0.05, 0) is 52.9 Å². The lowest BCUT2D eigenvalue weighted by atomic mass is 9.85. The van der Waals surface area contributed by atoms with Crippen molar-refractivity contribution in [3.63, 3.8) is 0 Å². The van der Waals surface area contributed by atoms with Crippen LogP contribution in [0.2, 0.25) is 0 Å². The predicted molar refractivity (Wildman–Crippen MR) is 137 cm³/mol. The van der Waals surface area contributed by atoms with Gasteiger partial charge in [-0.25, -0.2) is 0 Å². The first-order valence-electron chi connectivity index (χ1n) is 10.9. The number of benzene rings is 3. The second-order valence-electron chi connectivity index (χ2n) is 9.25. The van der Waals surface area contributed by atoms with Crippen LogP contribution in [0.5, 0.6) is 5.75 Å². The van der Waals surface area contributed by atoms with Crippen LogP contribution < -0.4 is 9.64 Å². The Morgan fingerprint density at radius 2 is 1.50 bits per heavy atom. The maximum absolute atomic E-state index is 13.3. The number of carbonyl (C=O) groups is 2. The molecular formula is C28H26BrNO4. The lowest BCUT2D eigenvalue weighted by Crippen LogP contribution is -2.29. The highest BCUT2D eigenvalue weighted by Gasteiger charge is 2.47. The van der Waals surface area contributed by atoms with E-state index in [1.165, 1.54) is 4.90 Å². The Kier molecular flexibility index (Phi) is 6.36. The van der Waals surface area contributed by atoms with E-state index in [4.69, 9.17) is 4.74 Å². The Morgan fingerprint density at radius 3 is 2.03 bits per heavy atom. The number of Topliss-reactive ketones (excluding diaryl/α,β-unsaturated/α-hetero) is 1. The third kappa shape index (κ3) is 4.38. The van der Waals surface area contributed by atoms with Crippen LogP contribution in [0.15, 0.2) is 82.8 Å². The minimum atomic E-state index is -0.772. The molecule has 0 bridgehead atoms.